The van der Waals surface area contributed by atoms with Crippen molar-refractivity contribution in [3.63, 3.8) is 0 Å². The molecule has 0 aliphatic rings. The fourth-order valence-corrected chi connectivity index (χ4v) is 0.844. The van der Waals surface area contributed by atoms with Gasteiger partial charge < -0.3 is 5.73 Å². The van der Waals surface area contributed by atoms with Crippen LogP contribution in [0.4, 0.5) is 27.6 Å². The molecule has 0 aliphatic carbocycles. The first-order valence-electron chi connectivity index (χ1n) is 3.43. The summed E-state index contributed by atoms with van der Waals surface area (Å²) in [6.45, 7) is 0. The van der Waals surface area contributed by atoms with E-state index in [4.69, 9.17) is 5.73 Å². The van der Waals surface area contributed by atoms with E-state index in [1.165, 1.54) is 0 Å². The number of halogens is 5. The zero-order chi connectivity index (χ0) is 10.9. The van der Waals surface area contributed by atoms with Gasteiger partial charge in [0.05, 0.1) is 5.56 Å². The molecule has 0 atom stereocenters. The Bertz CT molecular complexity index is 333. The van der Waals surface area contributed by atoms with Crippen LogP contribution in [0.5, 0.6) is 0 Å². The molecule has 1 rings (SSSR count). The van der Waals surface area contributed by atoms with Gasteiger partial charge in [-0.05, 0) is 6.07 Å². The van der Waals surface area contributed by atoms with E-state index in [2.05, 4.69) is 4.98 Å². The van der Waals surface area contributed by atoms with Crippen molar-refractivity contribution in [1.82, 2.24) is 4.98 Å². The molecule has 14 heavy (non-hydrogen) atoms. The van der Waals surface area contributed by atoms with Gasteiger partial charge in [0.2, 0.25) is 0 Å². The molecule has 2 N–H and O–H groups in total. The molecule has 0 saturated carbocycles. The number of hydrogen-bond acceptors (Lipinski definition) is 2. The van der Waals surface area contributed by atoms with Gasteiger partial charge in [0, 0.05) is 11.9 Å². The predicted octanol–water partition coefficient (Wildman–Crippen LogP) is 2.62. The van der Waals surface area contributed by atoms with Gasteiger partial charge in [-0.2, -0.15) is 13.2 Å². The van der Waals surface area contributed by atoms with Crippen LogP contribution in [0.2, 0.25) is 0 Å². The van der Waals surface area contributed by atoms with E-state index in [9.17, 15) is 22.0 Å². The summed E-state index contributed by atoms with van der Waals surface area (Å²) in [6, 6.07) is 0.521. The monoisotopic (exact) mass is 212 g/mol. The van der Waals surface area contributed by atoms with E-state index in [-0.39, 0.29) is 0 Å². The van der Waals surface area contributed by atoms with Crippen LogP contribution >= 0.6 is 0 Å². The summed E-state index contributed by atoms with van der Waals surface area (Å²) in [7, 11) is 0. The molecule has 7 heteroatoms. The van der Waals surface area contributed by atoms with Crippen molar-refractivity contribution < 1.29 is 22.0 Å². The van der Waals surface area contributed by atoms with Gasteiger partial charge in [0.1, 0.15) is 5.69 Å². The largest absolute Gasteiger partial charge is 0.419 e. The highest BCUT2D eigenvalue weighted by Crippen LogP contribution is 2.34. The Morgan fingerprint density at radius 1 is 1.29 bits per heavy atom. The van der Waals surface area contributed by atoms with E-state index in [0.717, 1.165) is 0 Å². The van der Waals surface area contributed by atoms with Gasteiger partial charge in [-0.15, -0.1) is 0 Å². The minimum atomic E-state index is -4.67. The summed E-state index contributed by atoms with van der Waals surface area (Å²) in [5.74, 6) is 0. The van der Waals surface area contributed by atoms with Crippen LogP contribution in [-0.4, -0.2) is 4.98 Å². The number of aromatic nitrogens is 1. The van der Waals surface area contributed by atoms with E-state index in [1.807, 2.05) is 0 Å². The third-order valence-corrected chi connectivity index (χ3v) is 1.49. The number of nitrogens with two attached hydrogens (primary N) is 1. The normalized spacial score (nSPS) is 12.1. The topological polar surface area (TPSA) is 38.9 Å². The molecule has 2 nitrogen and oxygen atoms in total. The van der Waals surface area contributed by atoms with Gasteiger partial charge in [0.15, 0.2) is 0 Å². The lowest BCUT2D eigenvalue weighted by Crippen LogP contribution is -2.10. The van der Waals surface area contributed by atoms with Crippen molar-refractivity contribution in [3.05, 3.63) is 23.5 Å². The molecule has 0 radical (unpaired) electrons. The molecule has 1 heterocycles. The van der Waals surface area contributed by atoms with E-state index in [1.54, 1.807) is 0 Å². The maximum atomic E-state index is 12.1. The SMILES string of the molecule is Nc1cc(C(F)F)ncc1C(F)(F)F. The maximum absolute atomic E-state index is 12.1. The Morgan fingerprint density at radius 3 is 2.21 bits per heavy atom. The first-order chi connectivity index (χ1) is 6.32. The first-order valence-corrected chi connectivity index (χ1v) is 3.43. The molecule has 0 amide bonds. The van der Waals surface area contributed by atoms with Crippen molar-refractivity contribution >= 4 is 5.69 Å². The van der Waals surface area contributed by atoms with Crippen molar-refractivity contribution in [1.29, 1.82) is 0 Å². The Labute approximate surface area is 75.5 Å². The number of hydrogen-bond donors (Lipinski definition) is 1. The van der Waals surface area contributed by atoms with E-state index < -0.39 is 29.5 Å². The van der Waals surface area contributed by atoms with Crippen LogP contribution in [0.1, 0.15) is 17.7 Å². The number of nitrogens with zero attached hydrogens (tertiary/aromatic N) is 1. The molecule has 0 aliphatic heterocycles. The zero-order valence-corrected chi connectivity index (χ0v) is 6.65. The molecular weight excluding hydrogens is 207 g/mol. The highest BCUT2D eigenvalue weighted by atomic mass is 19.4. The summed E-state index contributed by atoms with van der Waals surface area (Å²) in [5, 5.41) is 0. The summed E-state index contributed by atoms with van der Waals surface area (Å²) in [4.78, 5) is 2.96. The lowest BCUT2D eigenvalue weighted by Gasteiger charge is -2.09. The molecule has 0 spiro atoms. The van der Waals surface area contributed by atoms with E-state index in [0.29, 0.717) is 12.3 Å². The molecule has 0 unspecified atom stereocenters. The van der Waals surface area contributed by atoms with Gasteiger partial charge >= 0.3 is 6.18 Å². The standard InChI is InChI=1S/C7H5F5N2/c8-6(9)5-1-4(13)3(2-14-5)7(10,11)12/h1-2,6H,(H2,13,14). The smallest absolute Gasteiger partial charge is 0.398 e. The van der Waals surface area contributed by atoms with Gasteiger partial charge in [-0.1, -0.05) is 0 Å². The Hall–Kier alpha value is -1.40. The van der Waals surface area contributed by atoms with Crippen molar-refractivity contribution in [2.24, 2.45) is 0 Å². The van der Waals surface area contributed by atoms with Gasteiger partial charge in [-0.25, -0.2) is 8.78 Å². The number of anilines is 1. The fourth-order valence-electron chi connectivity index (χ4n) is 0.844. The average molecular weight is 212 g/mol. The highest BCUT2D eigenvalue weighted by molar-refractivity contribution is 5.48. The maximum Gasteiger partial charge on any atom is 0.419 e. The summed E-state index contributed by atoms with van der Waals surface area (Å²) in [5.41, 5.74) is 2.23. The summed E-state index contributed by atoms with van der Waals surface area (Å²) < 4.78 is 60.2. The van der Waals surface area contributed by atoms with Crippen LogP contribution in [0, 0.1) is 0 Å². The van der Waals surface area contributed by atoms with Crippen LogP contribution in [0.25, 0.3) is 0 Å². The molecule has 0 bridgehead atoms. The lowest BCUT2D eigenvalue weighted by atomic mass is 10.2. The quantitative estimate of drug-likeness (QED) is 0.726. The highest BCUT2D eigenvalue weighted by Gasteiger charge is 2.33. The number of rotatable bonds is 1. The minimum absolute atomic E-state index is 0.302. The molecule has 78 valence electrons. The second-order valence-corrected chi connectivity index (χ2v) is 2.49. The lowest BCUT2D eigenvalue weighted by molar-refractivity contribution is -0.137. The van der Waals surface area contributed by atoms with Crippen molar-refractivity contribution in [2.75, 3.05) is 5.73 Å². The fraction of sp³-hybridized carbons (Fsp3) is 0.286. The second kappa shape index (κ2) is 3.39. The molecule has 0 fully saturated rings. The van der Waals surface area contributed by atoms with E-state index >= 15 is 0 Å². The van der Waals surface area contributed by atoms with Gasteiger partial charge in [-0.3, -0.25) is 4.98 Å². The molecule has 1 aromatic rings. The summed E-state index contributed by atoms with van der Waals surface area (Å²) in [6.07, 6.45) is -7.30. The predicted molar refractivity (Wildman–Crippen MR) is 38.6 cm³/mol. The Morgan fingerprint density at radius 2 is 1.86 bits per heavy atom. The molecular formula is C7H5F5N2. The first kappa shape index (κ1) is 10.7. The van der Waals surface area contributed by atoms with Gasteiger partial charge in [0.25, 0.3) is 6.43 Å². The van der Waals surface area contributed by atoms with Crippen LogP contribution in [0.15, 0.2) is 12.3 Å². The Balaban J connectivity index is 3.15. The molecule has 0 aromatic carbocycles. The minimum Gasteiger partial charge on any atom is -0.398 e. The third-order valence-electron chi connectivity index (χ3n) is 1.49. The zero-order valence-electron chi connectivity index (χ0n) is 6.65. The second-order valence-electron chi connectivity index (χ2n) is 2.49. The third kappa shape index (κ3) is 2.09. The number of pyridine rings is 1. The van der Waals surface area contributed by atoms with Crippen molar-refractivity contribution in [2.45, 2.75) is 12.6 Å². The molecule has 0 saturated heterocycles. The summed E-state index contributed by atoms with van der Waals surface area (Å²) >= 11 is 0. The van der Waals surface area contributed by atoms with Crippen LogP contribution in [0.3, 0.4) is 0 Å². The van der Waals surface area contributed by atoms with Crippen LogP contribution < -0.4 is 5.73 Å². The number of alkyl halides is 5. The average Bonchev–Trinajstić information content (AvgIpc) is 2.01. The molecule has 1 aromatic heterocycles. The number of nitrogen functional groups attached to an aromatic ring is 1. The van der Waals surface area contributed by atoms with Crippen LogP contribution in [-0.2, 0) is 6.18 Å². The Kier molecular flexibility index (Phi) is 2.59. The van der Waals surface area contributed by atoms with Crippen molar-refractivity contribution in [3.8, 4) is 0 Å².